The zero-order chi connectivity index (χ0) is 18.8. The summed E-state index contributed by atoms with van der Waals surface area (Å²) in [6.07, 6.45) is 7.25. The number of imidazole rings is 1. The van der Waals surface area contributed by atoms with Gasteiger partial charge in [-0.1, -0.05) is 0 Å². The molecule has 1 N–H and O–H groups in total. The van der Waals surface area contributed by atoms with Crippen molar-refractivity contribution in [2.45, 2.75) is 44.8 Å². The maximum absolute atomic E-state index is 13.0. The SMILES string of the molecule is Cc1cnc(CNC(=O)C2CN(C3CCOCC3)Cc3ncn(C)c32)cn1. The Hall–Kier alpha value is -2.32. The van der Waals surface area contributed by atoms with Gasteiger partial charge in [-0.3, -0.25) is 19.7 Å². The van der Waals surface area contributed by atoms with Crippen LogP contribution in [-0.2, 0) is 29.7 Å². The number of carbonyl (C=O) groups excluding carboxylic acids is 1. The summed E-state index contributed by atoms with van der Waals surface area (Å²) in [6, 6.07) is 0.451. The van der Waals surface area contributed by atoms with Gasteiger partial charge in [0.2, 0.25) is 5.91 Å². The zero-order valence-corrected chi connectivity index (χ0v) is 15.9. The fourth-order valence-electron chi connectivity index (χ4n) is 3.98. The predicted octanol–water partition coefficient (Wildman–Crippen LogP) is 0.913. The average Bonchev–Trinajstić information content (AvgIpc) is 3.08. The van der Waals surface area contributed by atoms with Gasteiger partial charge in [0.1, 0.15) is 0 Å². The van der Waals surface area contributed by atoms with Crippen LogP contribution in [0.15, 0.2) is 18.7 Å². The Bertz CT molecular complexity index is 797. The van der Waals surface area contributed by atoms with Gasteiger partial charge in [0.05, 0.1) is 47.8 Å². The minimum absolute atomic E-state index is 0.0129. The monoisotopic (exact) mass is 370 g/mol. The van der Waals surface area contributed by atoms with E-state index in [-0.39, 0.29) is 11.8 Å². The highest BCUT2D eigenvalue weighted by Gasteiger charge is 2.36. The summed E-state index contributed by atoms with van der Waals surface area (Å²) in [5.74, 6) is -0.221. The Kier molecular flexibility index (Phi) is 5.18. The standard InChI is InChI=1S/C19H26N6O2/c1-13-7-21-14(8-20-13)9-22-19(26)16-10-25(15-3-5-27-6-4-15)11-17-18(16)24(2)12-23-17/h7-8,12,15-16H,3-6,9-11H2,1-2H3,(H,22,26). The highest BCUT2D eigenvalue weighted by atomic mass is 16.5. The Morgan fingerprint density at radius 2 is 2.07 bits per heavy atom. The van der Waals surface area contributed by atoms with Crippen molar-refractivity contribution in [3.05, 3.63) is 41.5 Å². The molecule has 2 aliphatic heterocycles. The lowest BCUT2D eigenvalue weighted by atomic mass is 9.94. The molecule has 2 aromatic rings. The van der Waals surface area contributed by atoms with Gasteiger partial charge in [0, 0.05) is 45.6 Å². The Labute approximate surface area is 159 Å². The first kappa shape index (κ1) is 18.1. The lowest BCUT2D eigenvalue weighted by Gasteiger charge is -2.39. The first-order valence-electron chi connectivity index (χ1n) is 9.49. The average molecular weight is 370 g/mol. The van der Waals surface area contributed by atoms with Crippen molar-refractivity contribution >= 4 is 5.91 Å². The Balaban J connectivity index is 1.49. The number of hydrogen-bond acceptors (Lipinski definition) is 6. The third kappa shape index (κ3) is 3.86. The molecule has 8 nitrogen and oxygen atoms in total. The fraction of sp³-hybridized carbons (Fsp3) is 0.579. The molecule has 0 radical (unpaired) electrons. The van der Waals surface area contributed by atoms with Crippen LogP contribution in [-0.4, -0.2) is 56.1 Å². The van der Waals surface area contributed by atoms with Gasteiger partial charge in [-0.15, -0.1) is 0 Å². The molecule has 0 aromatic carbocycles. The molecule has 27 heavy (non-hydrogen) atoms. The fourth-order valence-corrected chi connectivity index (χ4v) is 3.98. The molecule has 1 amide bonds. The topological polar surface area (TPSA) is 85.2 Å². The molecule has 0 spiro atoms. The maximum atomic E-state index is 13.0. The number of nitrogens with one attached hydrogen (secondary N) is 1. The normalized spacial score (nSPS) is 21.0. The van der Waals surface area contributed by atoms with E-state index in [1.54, 1.807) is 12.4 Å². The van der Waals surface area contributed by atoms with Gasteiger partial charge in [0.25, 0.3) is 0 Å². The van der Waals surface area contributed by atoms with Crippen LogP contribution in [0.2, 0.25) is 0 Å². The summed E-state index contributed by atoms with van der Waals surface area (Å²) in [5, 5.41) is 3.04. The predicted molar refractivity (Wildman–Crippen MR) is 98.8 cm³/mol. The molecule has 2 aromatic heterocycles. The van der Waals surface area contributed by atoms with Crippen molar-refractivity contribution in [1.29, 1.82) is 0 Å². The number of ether oxygens (including phenoxy) is 1. The Morgan fingerprint density at radius 3 is 2.81 bits per heavy atom. The van der Waals surface area contributed by atoms with E-state index in [0.29, 0.717) is 19.1 Å². The summed E-state index contributed by atoms with van der Waals surface area (Å²) in [4.78, 5) is 28.5. The molecule has 144 valence electrons. The van der Waals surface area contributed by atoms with Crippen molar-refractivity contribution in [2.24, 2.45) is 7.05 Å². The summed E-state index contributed by atoms with van der Waals surface area (Å²) < 4.78 is 7.47. The van der Waals surface area contributed by atoms with E-state index in [1.165, 1.54) is 0 Å². The number of amides is 1. The van der Waals surface area contributed by atoms with Crippen molar-refractivity contribution in [3.8, 4) is 0 Å². The van der Waals surface area contributed by atoms with Crippen LogP contribution in [0, 0.1) is 6.92 Å². The van der Waals surface area contributed by atoms with Crippen LogP contribution in [0.5, 0.6) is 0 Å². The number of aryl methyl sites for hydroxylation is 2. The third-order valence-electron chi connectivity index (χ3n) is 5.46. The van der Waals surface area contributed by atoms with Gasteiger partial charge >= 0.3 is 0 Å². The number of nitrogens with zero attached hydrogens (tertiary/aromatic N) is 5. The number of carbonyl (C=O) groups is 1. The van der Waals surface area contributed by atoms with E-state index in [2.05, 4.69) is 25.2 Å². The number of aromatic nitrogens is 4. The first-order chi connectivity index (χ1) is 13.1. The molecule has 0 saturated carbocycles. The highest BCUT2D eigenvalue weighted by Crippen LogP contribution is 2.30. The van der Waals surface area contributed by atoms with E-state index >= 15 is 0 Å². The molecule has 2 aliphatic rings. The van der Waals surface area contributed by atoms with Crippen LogP contribution < -0.4 is 5.32 Å². The van der Waals surface area contributed by atoms with Crippen LogP contribution in [0.25, 0.3) is 0 Å². The van der Waals surface area contributed by atoms with Gasteiger partial charge in [0.15, 0.2) is 0 Å². The van der Waals surface area contributed by atoms with Crippen molar-refractivity contribution in [2.75, 3.05) is 19.8 Å². The van der Waals surface area contributed by atoms with Crippen LogP contribution in [0.3, 0.4) is 0 Å². The van der Waals surface area contributed by atoms with E-state index < -0.39 is 0 Å². The van der Waals surface area contributed by atoms with Gasteiger partial charge in [-0.2, -0.15) is 0 Å². The second-order valence-corrected chi connectivity index (χ2v) is 7.38. The maximum Gasteiger partial charge on any atom is 0.230 e. The van der Waals surface area contributed by atoms with E-state index in [1.807, 2.05) is 24.9 Å². The minimum Gasteiger partial charge on any atom is -0.381 e. The third-order valence-corrected chi connectivity index (χ3v) is 5.46. The van der Waals surface area contributed by atoms with Crippen LogP contribution in [0.4, 0.5) is 0 Å². The molecule has 0 aliphatic carbocycles. The summed E-state index contributed by atoms with van der Waals surface area (Å²) >= 11 is 0. The molecular formula is C19H26N6O2. The van der Waals surface area contributed by atoms with Gasteiger partial charge < -0.3 is 14.6 Å². The van der Waals surface area contributed by atoms with Crippen molar-refractivity contribution in [3.63, 3.8) is 0 Å². The molecule has 8 heteroatoms. The lowest BCUT2D eigenvalue weighted by molar-refractivity contribution is -0.124. The molecular weight excluding hydrogens is 344 g/mol. The number of hydrogen-bond donors (Lipinski definition) is 1. The summed E-state index contributed by atoms with van der Waals surface area (Å²) in [7, 11) is 1.96. The van der Waals surface area contributed by atoms with Crippen molar-refractivity contribution in [1.82, 2.24) is 29.7 Å². The highest BCUT2D eigenvalue weighted by molar-refractivity contribution is 5.84. The number of fused-ring (bicyclic) bond motifs is 1. The smallest absolute Gasteiger partial charge is 0.230 e. The van der Waals surface area contributed by atoms with Crippen molar-refractivity contribution < 1.29 is 9.53 Å². The molecule has 1 unspecified atom stereocenters. The van der Waals surface area contributed by atoms with E-state index in [9.17, 15) is 4.79 Å². The van der Waals surface area contributed by atoms with Gasteiger partial charge in [-0.05, 0) is 19.8 Å². The molecule has 4 heterocycles. The molecule has 1 fully saturated rings. The minimum atomic E-state index is -0.234. The Morgan fingerprint density at radius 1 is 1.26 bits per heavy atom. The van der Waals surface area contributed by atoms with E-state index in [0.717, 1.165) is 55.4 Å². The first-order valence-corrected chi connectivity index (χ1v) is 9.49. The quantitative estimate of drug-likeness (QED) is 0.861. The summed E-state index contributed by atoms with van der Waals surface area (Å²) in [6.45, 7) is 5.37. The van der Waals surface area contributed by atoms with Crippen LogP contribution in [0.1, 0.15) is 41.5 Å². The molecule has 4 rings (SSSR count). The largest absolute Gasteiger partial charge is 0.381 e. The lowest BCUT2D eigenvalue weighted by Crippen LogP contribution is -2.47. The molecule has 1 atom stereocenters. The molecule has 1 saturated heterocycles. The second-order valence-electron chi connectivity index (χ2n) is 7.38. The zero-order valence-electron chi connectivity index (χ0n) is 15.9. The van der Waals surface area contributed by atoms with E-state index in [4.69, 9.17) is 4.74 Å². The number of rotatable bonds is 4. The molecule has 0 bridgehead atoms. The second kappa shape index (κ2) is 7.74. The summed E-state index contributed by atoms with van der Waals surface area (Å²) in [5.41, 5.74) is 3.65. The van der Waals surface area contributed by atoms with Crippen LogP contribution >= 0.6 is 0 Å². The van der Waals surface area contributed by atoms with Gasteiger partial charge in [-0.25, -0.2) is 4.98 Å².